The molecular weight excluding hydrogens is 205 g/mol. The fourth-order valence-corrected chi connectivity index (χ4v) is 1.29. The molecule has 0 spiro atoms. The molecule has 0 aliphatic rings. The van der Waals surface area contributed by atoms with Crippen LogP contribution in [0.4, 0.5) is 4.39 Å². The Morgan fingerprint density at radius 1 is 1.43 bits per heavy atom. The van der Waals surface area contributed by atoms with Crippen LogP contribution in [0.15, 0.2) is 30.5 Å². The Labute approximate surface area is 85.1 Å². The molecule has 0 aliphatic carbocycles. The van der Waals surface area contributed by atoms with Crippen molar-refractivity contribution in [1.82, 2.24) is 15.0 Å². The van der Waals surface area contributed by atoms with Gasteiger partial charge in [-0.1, -0.05) is 22.9 Å². The van der Waals surface area contributed by atoms with Crippen LogP contribution in [0, 0.1) is 0 Å². The molecule has 14 heavy (non-hydrogen) atoms. The van der Waals surface area contributed by atoms with Gasteiger partial charge in [0.2, 0.25) is 0 Å². The third-order valence-electron chi connectivity index (χ3n) is 1.75. The van der Waals surface area contributed by atoms with Crippen molar-refractivity contribution in [3.8, 4) is 5.69 Å². The van der Waals surface area contributed by atoms with Gasteiger partial charge in [-0.3, -0.25) is 0 Å². The summed E-state index contributed by atoms with van der Waals surface area (Å²) in [5.74, 6) is 0. The summed E-state index contributed by atoms with van der Waals surface area (Å²) in [6, 6.07) is 7.12. The first-order valence-corrected chi connectivity index (χ1v) is 4.40. The predicted octanol–water partition coefficient (Wildman–Crippen LogP) is 2.39. The van der Waals surface area contributed by atoms with Crippen molar-refractivity contribution in [2.45, 2.75) is 6.67 Å². The summed E-state index contributed by atoms with van der Waals surface area (Å²) < 4.78 is 13.7. The molecule has 5 heteroatoms. The molecule has 0 saturated heterocycles. The van der Waals surface area contributed by atoms with Gasteiger partial charge in [0.05, 0.1) is 11.9 Å². The Bertz CT molecular complexity index is 441. The molecule has 3 nitrogen and oxygen atoms in total. The number of rotatable bonds is 2. The van der Waals surface area contributed by atoms with Crippen LogP contribution in [-0.2, 0) is 6.67 Å². The van der Waals surface area contributed by atoms with Crippen LogP contribution in [0.1, 0.15) is 5.69 Å². The van der Waals surface area contributed by atoms with Gasteiger partial charge < -0.3 is 0 Å². The average Bonchev–Trinajstić information content (AvgIpc) is 2.66. The molecule has 0 amide bonds. The highest BCUT2D eigenvalue weighted by atomic mass is 35.5. The summed E-state index contributed by atoms with van der Waals surface area (Å²) in [5, 5.41) is 8.01. The summed E-state index contributed by atoms with van der Waals surface area (Å²) in [5.41, 5.74) is 1.08. The second-order valence-corrected chi connectivity index (χ2v) is 3.20. The average molecular weight is 212 g/mol. The molecule has 2 aromatic rings. The van der Waals surface area contributed by atoms with Gasteiger partial charge in [-0.2, -0.15) is 0 Å². The fraction of sp³-hybridized carbons (Fsp3) is 0.111. The van der Waals surface area contributed by atoms with Crippen LogP contribution in [0.5, 0.6) is 0 Å². The monoisotopic (exact) mass is 211 g/mol. The largest absolute Gasteiger partial charge is 0.244 e. The third-order valence-corrected chi connectivity index (χ3v) is 1.99. The van der Waals surface area contributed by atoms with Crippen LogP contribution < -0.4 is 0 Å². The fourth-order valence-electron chi connectivity index (χ4n) is 1.10. The second kappa shape index (κ2) is 3.75. The summed E-state index contributed by atoms with van der Waals surface area (Å²) in [6.07, 6.45) is 1.53. The Hall–Kier alpha value is -1.42. The Kier molecular flexibility index (Phi) is 2.45. The van der Waals surface area contributed by atoms with E-state index >= 15 is 0 Å². The van der Waals surface area contributed by atoms with E-state index in [2.05, 4.69) is 10.3 Å². The van der Waals surface area contributed by atoms with Crippen LogP contribution in [0.25, 0.3) is 5.69 Å². The van der Waals surface area contributed by atoms with Crippen LogP contribution in [-0.4, -0.2) is 15.0 Å². The van der Waals surface area contributed by atoms with E-state index in [1.807, 2.05) is 6.07 Å². The van der Waals surface area contributed by atoms with E-state index < -0.39 is 6.67 Å². The molecule has 0 aliphatic heterocycles. The van der Waals surface area contributed by atoms with Gasteiger partial charge in [0.25, 0.3) is 0 Å². The zero-order chi connectivity index (χ0) is 9.97. The van der Waals surface area contributed by atoms with E-state index in [4.69, 9.17) is 11.6 Å². The number of alkyl halides is 1. The maximum absolute atomic E-state index is 12.2. The van der Waals surface area contributed by atoms with E-state index in [1.54, 1.807) is 18.2 Å². The zero-order valence-corrected chi connectivity index (χ0v) is 7.95. The SMILES string of the molecule is FCc1cn(-c2cccc(Cl)c2)nn1. The maximum Gasteiger partial charge on any atom is 0.135 e. The summed E-state index contributed by atoms with van der Waals surface area (Å²) in [4.78, 5) is 0. The molecule has 0 atom stereocenters. The highest BCUT2D eigenvalue weighted by molar-refractivity contribution is 6.30. The lowest BCUT2D eigenvalue weighted by atomic mass is 10.3. The summed E-state index contributed by atoms with van der Waals surface area (Å²) >= 11 is 5.80. The van der Waals surface area contributed by atoms with E-state index in [9.17, 15) is 4.39 Å². The predicted molar refractivity (Wildman–Crippen MR) is 51.2 cm³/mol. The van der Waals surface area contributed by atoms with Crippen molar-refractivity contribution < 1.29 is 4.39 Å². The number of hydrogen-bond acceptors (Lipinski definition) is 2. The van der Waals surface area contributed by atoms with Crippen molar-refractivity contribution in [2.24, 2.45) is 0 Å². The molecule has 0 radical (unpaired) electrons. The van der Waals surface area contributed by atoms with Crippen LogP contribution in [0.2, 0.25) is 5.02 Å². The maximum atomic E-state index is 12.2. The van der Waals surface area contributed by atoms with Gasteiger partial charge in [0.15, 0.2) is 0 Å². The van der Waals surface area contributed by atoms with Gasteiger partial charge in [-0.25, -0.2) is 9.07 Å². The van der Waals surface area contributed by atoms with E-state index in [1.165, 1.54) is 10.9 Å². The molecule has 1 aromatic carbocycles. The van der Waals surface area contributed by atoms with E-state index in [0.717, 1.165) is 5.69 Å². The number of hydrogen-bond donors (Lipinski definition) is 0. The van der Waals surface area contributed by atoms with Crippen molar-refractivity contribution in [3.63, 3.8) is 0 Å². The number of aromatic nitrogens is 3. The topological polar surface area (TPSA) is 30.7 Å². The molecule has 0 fully saturated rings. The molecule has 0 unspecified atom stereocenters. The lowest BCUT2D eigenvalue weighted by Crippen LogP contribution is -1.93. The van der Waals surface area contributed by atoms with Gasteiger partial charge in [0, 0.05) is 5.02 Å². The molecule has 1 heterocycles. The molecule has 72 valence electrons. The van der Waals surface area contributed by atoms with Crippen molar-refractivity contribution in [1.29, 1.82) is 0 Å². The summed E-state index contributed by atoms with van der Waals surface area (Å²) in [7, 11) is 0. The van der Waals surface area contributed by atoms with Crippen LogP contribution in [0.3, 0.4) is 0 Å². The van der Waals surface area contributed by atoms with E-state index in [-0.39, 0.29) is 0 Å². The summed E-state index contributed by atoms with van der Waals surface area (Å²) in [6.45, 7) is -0.611. The minimum absolute atomic E-state index is 0.310. The quantitative estimate of drug-likeness (QED) is 0.764. The van der Waals surface area contributed by atoms with Gasteiger partial charge in [-0.15, -0.1) is 5.10 Å². The van der Waals surface area contributed by atoms with Gasteiger partial charge >= 0.3 is 0 Å². The lowest BCUT2D eigenvalue weighted by Gasteiger charge is -1.98. The minimum atomic E-state index is -0.611. The highest BCUT2D eigenvalue weighted by Crippen LogP contribution is 2.13. The number of nitrogens with zero attached hydrogens (tertiary/aromatic N) is 3. The first-order chi connectivity index (χ1) is 6.79. The van der Waals surface area contributed by atoms with E-state index in [0.29, 0.717) is 10.7 Å². The van der Waals surface area contributed by atoms with Crippen molar-refractivity contribution in [2.75, 3.05) is 0 Å². The zero-order valence-electron chi connectivity index (χ0n) is 7.19. The first-order valence-electron chi connectivity index (χ1n) is 4.03. The normalized spacial score (nSPS) is 10.4. The molecular formula is C9H7ClFN3. The van der Waals surface area contributed by atoms with Crippen molar-refractivity contribution in [3.05, 3.63) is 41.2 Å². The number of benzene rings is 1. The molecule has 1 aromatic heterocycles. The Morgan fingerprint density at radius 2 is 2.29 bits per heavy atom. The third kappa shape index (κ3) is 1.75. The van der Waals surface area contributed by atoms with Gasteiger partial charge in [-0.05, 0) is 18.2 Å². The standard InChI is InChI=1S/C9H7ClFN3/c10-7-2-1-3-9(4-7)14-6-8(5-11)12-13-14/h1-4,6H,5H2. The lowest BCUT2D eigenvalue weighted by molar-refractivity contribution is 0.475. The second-order valence-electron chi connectivity index (χ2n) is 2.77. The number of halogens is 2. The molecule has 0 saturated carbocycles. The minimum Gasteiger partial charge on any atom is -0.244 e. The smallest absolute Gasteiger partial charge is 0.135 e. The Balaban J connectivity index is 2.39. The Morgan fingerprint density at radius 3 is 2.93 bits per heavy atom. The molecule has 2 rings (SSSR count). The first kappa shape index (κ1) is 9.15. The highest BCUT2D eigenvalue weighted by Gasteiger charge is 2.01. The van der Waals surface area contributed by atoms with Crippen LogP contribution >= 0.6 is 11.6 Å². The van der Waals surface area contributed by atoms with Crippen molar-refractivity contribution >= 4 is 11.6 Å². The molecule has 0 bridgehead atoms. The van der Waals surface area contributed by atoms with Gasteiger partial charge in [0.1, 0.15) is 12.4 Å². The molecule has 0 N–H and O–H groups in total.